The van der Waals surface area contributed by atoms with Crippen LogP contribution in [-0.2, 0) is 4.79 Å². The Bertz CT molecular complexity index is 282. The standard InChI is InChI=1S/C13H21NO/c1-9-3-2-4-11(14-9)10-5-6-13(7-8-13)12(10)15/h9-11,14H,2-8H2,1H3. The van der Waals surface area contributed by atoms with Crippen LogP contribution in [0, 0.1) is 11.3 Å². The van der Waals surface area contributed by atoms with Gasteiger partial charge in [-0.1, -0.05) is 6.42 Å². The molecule has 2 nitrogen and oxygen atoms in total. The number of hydrogen-bond acceptors (Lipinski definition) is 2. The molecular weight excluding hydrogens is 186 g/mol. The lowest BCUT2D eigenvalue weighted by molar-refractivity contribution is -0.126. The number of rotatable bonds is 1. The maximum absolute atomic E-state index is 12.3. The summed E-state index contributed by atoms with van der Waals surface area (Å²) in [4.78, 5) is 12.3. The van der Waals surface area contributed by atoms with Crippen LogP contribution < -0.4 is 5.32 Å². The molecule has 1 saturated heterocycles. The molecular formula is C13H21NO. The van der Waals surface area contributed by atoms with Crippen LogP contribution in [0.2, 0.25) is 0 Å². The molecule has 1 aliphatic heterocycles. The van der Waals surface area contributed by atoms with E-state index in [-0.39, 0.29) is 5.41 Å². The Labute approximate surface area is 91.8 Å². The number of hydrogen-bond donors (Lipinski definition) is 1. The molecule has 0 amide bonds. The predicted octanol–water partition coefficient (Wildman–Crippen LogP) is 2.28. The first kappa shape index (κ1) is 9.83. The van der Waals surface area contributed by atoms with Crippen molar-refractivity contribution in [2.45, 2.75) is 64.0 Å². The van der Waals surface area contributed by atoms with Gasteiger partial charge in [-0.15, -0.1) is 0 Å². The van der Waals surface area contributed by atoms with Crippen molar-refractivity contribution >= 4 is 5.78 Å². The maximum atomic E-state index is 12.3. The van der Waals surface area contributed by atoms with Crippen LogP contribution in [0.4, 0.5) is 0 Å². The molecule has 3 unspecified atom stereocenters. The van der Waals surface area contributed by atoms with Gasteiger partial charge in [-0.3, -0.25) is 4.79 Å². The third-order valence-corrected chi connectivity index (χ3v) is 4.78. The van der Waals surface area contributed by atoms with E-state index in [9.17, 15) is 4.79 Å². The Kier molecular flexibility index (Phi) is 2.17. The Morgan fingerprint density at radius 1 is 1.20 bits per heavy atom. The van der Waals surface area contributed by atoms with Gasteiger partial charge in [0.25, 0.3) is 0 Å². The number of piperidine rings is 1. The van der Waals surface area contributed by atoms with Crippen molar-refractivity contribution in [3.8, 4) is 0 Å². The van der Waals surface area contributed by atoms with Gasteiger partial charge in [-0.25, -0.2) is 0 Å². The highest BCUT2D eigenvalue weighted by atomic mass is 16.1. The zero-order valence-corrected chi connectivity index (χ0v) is 9.59. The molecule has 84 valence electrons. The van der Waals surface area contributed by atoms with Crippen LogP contribution in [0.5, 0.6) is 0 Å². The third-order valence-electron chi connectivity index (χ3n) is 4.78. The number of Topliss-reactive ketones (excluding diaryl/α,β-unsaturated/α-hetero) is 1. The van der Waals surface area contributed by atoms with E-state index in [1.165, 1.54) is 38.5 Å². The van der Waals surface area contributed by atoms with E-state index in [1.54, 1.807) is 0 Å². The average molecular weight is 207 g/mol. The highest BCUT2D eigenvalue weighted by molar-refractivity contribution is 5.92. The van der Waals surface area contributed by atoms with E-state index in [4.69, 9.17) is 0 Å². The monoisotopic (exact) mass is 207 g/mol. The normalized spacial score (nSPS) is 43.5. The van der Waals surface area contributed by atoms with Crippen molar-refractivity contribution in [3.63, 3.8) is 0 Å². The topological polar surface area (TPSA) is 29.1 Å². The first-order chi connectivity index (χ1) is 7.21. The van der Waals surface area contributed by atoms with Gasteiger partial charge in [0.15, 0.2) is 0 Å². The molecule has 0 aromatic rings. The zero-order chi connectivity index (χ0) is 10.5. The van der Waals surface area contributed by atoms with Gasteiger partial charge >= 0.3 is 0 Å². The molecule has 0 aromatic carbocycles. The summed E-state index contributed by atoms with van der Waals surface area (Å²) in [7, 11) is 0. The van der Waals surface area contributed by atoms with Crippen molar-refractivity contribution in [1.82, 2.24) is 5.32 Å². The molecule has 0 radical (unpaired) electrons. The van der Waals surface area contributed by atoms with E-state index in [1.807, 2.05) is 0 Å². The van der Waals surface area contributed by atoms with Crippen LogP contribution >= 0.6 is 0 Å². The van der Waals surface area contributed by atoms with E-state index >= 15 is 0 Å². The number of carbonyl (C=O) groups excluding carboxylic acids is 1. The van der Waals surface area contributed by atoms with Gasteiger partial charge in [0.1, 0.15) is 5.78 Å². The molecule has 0 bridgehead atoms. The molecule has 3 aliphatic rings. The van der Waals surface area contributed by atoms with Gasteiger partial charge in [0, 0.05) is 23.4 Å². The van der Waals surface area contributed by atoms with Crippen molar-refractivity contribution in [2.24, 2.45) is 11.3 Å². The second-order valence-corrected chi connectivity index (χ2v) is 5.89. The second-order valence-electron chi connectivity index (χ2n) is 5.89. The fourth-order valence-electron chi connectivity index (χ4n) is 3.60. The Morgan fingerprint density at radius 3 is 2.60 bits per heavy atom. The highest BCUT2D eigenvalue weighted by Crippen LogP contribution is 2.57. The molecule has 2 aliphatic carbocycles. The second kappa shape index (κ2) is 3.31. The summed E-state index contributed by atoms with van der Waals surface area (Å²) in [6, 6.07) is 1.12. The SMILES string of the molecule is CC1CCCC(C2CCC3(CC3)C2=O)N1. The molecule has 1 heterocycles. The average Bonchev–Trinajstić information content (AvgIpc) is 2.92. The van der Waals surface area contributed by atoms with E-state index < -0.39 is 0 Å². The molecule has 2 saturated carbocycles. The summed E-state index contributed by atoms with van der Waals surface area (Å²) in [6.07, 6.45) is 8.51. The molecule has 3 rings (SSSR count). The fourth-order valence-corrected chi connectivity index (χ4v) is 3.60. The highest BCUT2D eigenvalue weighted by Gasteiger charge is 2.57. The van der Waals surface area contributed by atoms with Crippen LogP contribution in [0.25, 0.3) is 0 Å². The van der Waals surface area contributed by atoms with E-state index in [0.717, 1.165) is 6.42 Å². The quantitative estimate of drug-likeness (QED) is 0.714. The molecule has 1 N–H and O–H groups in total. The number of carbonyl (C=O) groups is 1. The summed E-state index contributed by atoms with van der Waals surface area (Å²) >= 11 is 0. The number of ketones is 1. The van der Waals surface area contributed by atoms with Crippen LogP contribution in [-0.4, -0.2) is 17.9 Å². The molecule has 2 heteroatoms. The lowest BCUT2D eigenvalue weighted by Gasteiger charge is -2.32. The fraction of sp³-hybridized carbons (Fsp3) is 0.923. The van der Waals surface area contributed by atoms with Crippen LogP contribution in [0.1, 0.15) is 51.9 Å². The summed E-state index contributed by atoms with van der Waals surface area (Å²) in [5.41, 5.74) is 0.188. The first-order valence-electron chi connectivity index (χ1n) is 6.52. The minimum Gasteiger partial charge on any atom is -0.311 e. The smallest absolute Gasteiger partial charge is 0.143 e. The lowest BCUT2D eigenvalue weighted by Crippen LogP contribution is -2.46. The minimum absolute atomic E-state index is 0.188. The Morgan fingerprint density at radius 2 is 2.00 bits per heavy atom. The molecule has 1 spiro atoms. The van der Waals surface area contributed by atoms with Gasteiger partial charge in [0.2, 0.25) is 0 Å². The zero-order valence-electron chi connectivity index (χ0n) is 9.59. The van der Waals surface area contributed by atoms with Crippen molar-refractivity contribution in [1.29, 1.82) is 0 Å². The summed E-state index contributed by atoms with van der Waals surface area (Å²) in [5, 5.41) is 3.63. The van der Waals surface area contributed by atoms with Crippen LogP contribution in [0.3, 0.4) is 0 Å². The van der Waals surface area contributed by atoms with Crippen molar-refractivity contribution in [3.05, 3.63) is 0 Å². The predicted molar refractivity (Wildman–Crippen MR) is 59.6 cm³/mol. The molecule has 3 atom stereocenters. The summed E-state index contributed by atoms with van der Waals surface area (Å²) in [5.74, 6) is 0.962. The number of nitrogens with one attached hydrogen (secondary N) is 1. The van der Waals surface area contributed by atoms with Crippen molar-refractivity contribution in [2.75, 3.05) is 0 Å². The van der Waals surface area contributed by atoms with Crippen LogP contribution in [0.15, 0.2) is 0 Å². The maximum Gasteiger partial charge on any atom is 0.143 e. The molecule has 3 fully saturated rings. The lowest BCUT2D eigenvalue weighted by atomic mass is 9.87. The first-order valence-corrected chi connectivity index (χ1v) is 6.52. The Hall–Kier alpha value is -0.370. The van der Waals surface area contributed by atoms with Gasteiger partial charge in [0.05, 0.1) is 0 Å². The Balaban J connectivity index is 1.69. The van der Waals surface area contributed by atoms with E-state index in [2.05, 4.69) is 12.2 Å². The minimum atomic E-state index is 0.188. The largest absolute Gasteiger partial charge is 0.311 e. The molecule has 15 heavy (non-hydrogen) atoms. The summed E-state index contributed by atoms with van der Waals surface area (Å²) < 4.78 is 0. The summed E-state index contributed by atoms with van der Waals surface area (Å²) in [6.45, 7) is 2.25. The third kappa shape index (κ3) is 1.54. The van der Waals surface area contributed by atoms with E-state index in [0.29, 0.717) is 23.8 Å². The van der Waals surface area contributed by atoms with Gasteiger partial charge in [-0.05, 0) is 45.4 Å². The van der Waals surface area contributed by atoms with Gasteiger partial charge in [-0.2, -0.15) is 0 Å². The van der Waals surface area contributed by atoms with Crippen molar-refractivity contribution < 1.29 is 4.79 Å². The molecule has 0 aromatic heterocycles. The van der Waals surface area contributed by atoms with Gasteiger partial charge < -0.3 is 5.32 Å².